The van der Waals surface area contributed by atoms with Crippen molar-refractivity contribution in [3.8, 4) is 0 Å². The fourth-order valence-corrected chi connectivity index (χ4v) is 3.80. The fraction of sp³-hybridized carbons (Fsp3) is 0.455. The first-order chi connectivity index (χ1) is 7.84. The number of carbonyl (C=O) groups excluding carboxylic acids is 1. The zero-order valence-electron chi connectivity index (χ0n) is 9.75. The molecule has 92 valence electrons. The molecule has 0 unspecified atom stereocenters. The number of carbonyl (C=O) groups is 1. The van der Waals surface area contributed by atoms with E-state index in [4.69, 9.17) is 0 Å². The SMILES string of the molecule is CC1(C)CC(=O)CN1S(=O)(=O)c1ccncc1. The van der Waals surface area contributed by atoms with Crippen molar-refractivity contribution in [1.29, 1.82) is 0 Å². The molecule has 0 radical (unpaired) electrons. The summed E-state index contributed by atoms with van der Waals surface area (Å²) in [5, 5.41) is 0. The van der Waals surface area contributed by atoms with Gasteiger partial charge in [0, 0.05) is 24.4 Å². The summed E-state index contributed by atoms with van der Waals surface area (Å²) in [4.78, 5) is 15.4. The van der Waals surface area contributed by atoms with Gasteiger partial charge in [0.25, 0.3) is 0 Å². The van der Waals surface area contributed by atoms with Crippen LogP contribution in [0.3, 0.4) is 0 Å². The molecule has 5 nitrogen and oxygen atoms in total. The van der Waals surface area contributed by atoms with Crippen molar-refractivity contribution in [2.24, 2.45) is 0 Å². The molecule has 2 rings (SSSR count). The smallest absolute Gasteiger partial charge is 0.244 e. The number of aromatic nitrogens is 1. The van der Waals surface area contributed by atoms with Crippen molar-refractivity contribution in [1.82, 2.24) is 9.29 Å². The molecule has 0 amide bonds. The van der Waals surface area contributed by atoms with E-state index in [9.17, 15) is 13.2 Å². The first kappa shape index (κ1) is 12.2. The van der Waals surface area contributed by atoms with E-state index in [0.717, 1.165) is 0 Å². The van der Waals surface area contributed by atoms with E-state index in [1.165, 1.54) is 28.8 Å². The lowest BCUT2D eigenvalue weighted by atomic mass is 10.0. The first-order valence-electron chi connectivity index (χ1n) is 5.29. The maximum atomic E-state index is 12.3. The average Bonchev–Trinajstić information content (AvgIpc) is 2.54. The molecule has 1 aromatic rings. The number of hydrogen-bond donors (Lipinski definition) is 0. The number of hydrogen-bond acceptors (Lipinski definition) is 4. The van der Waals surface area contributed by atoms with Gasteiger partial charge in [-0.3, -0.25) is 9.78 Å². The van der Waals surface area contributed by atoms with Crippen LogP contribution in [0.4, 0.5) is 0 Å². The van der Waals surface area contributed by atoms with Crippen molar-refractivity contribution in [3.05, 3.63) is 24.5 Å². The predicted octanol–water partition coefficient (Wildman–Crippen LogP) is 0.824. The van der Waals surface area contributed by atoms with Gasteiger partial charge in [0.2, 0.25) is 10.0 Å². The summed E-state index contributed by atoms with van der Waals surface area (Å²) in [6.07, 6.45) is 3.12. The second-order valence-electron chi connectivity index (χ2n) is 4.72. The summed E-state index contributed by atoms with van der Waals surface area (Å²) in [5.41, 5.74) is -0.654. The minimum Gasteiger partial charge on any atom is -0.298 e. The van der Waals surface area contributed by atoms with Crippen LogP contribution in [-0.4, -0.2) is 35.6 Å². The molecule has 0 aromatic carbocycles. The Balaban J connectivity index is 2.44. The Morgan fingerprint density at radius 2 is 1.88 bits per heavy atom. The maximum absolute atomic E-state index is 12.3. The molecule has 0 spiro atoms. The summed E-state index contributed by atoms with van der Waals surface area (Å²) in [5.74, 6) is -0.0485. The van der Waals surface area contributed by atoms with Crippen molar-refractivity contribution >= 4 is 15.8 Å². The lowest BCUT2D eigenvalue weighted by molar-refractivity contribution is -0.116. The normalized spacial score (nSPS) is 20.7. The molecule has 6 heteroatoms. The van der Waals surface area contributed by atoms with Crippen LogP contribution in [0, 0.1) is 0 Å². The molecule has 17 heavy (non-hydrogen) atoms. The molecular weight excluding hydrogens is 240 g/mol. The van der Waals surface area contributed by atoms with Crippen LogP contribution >= 0.6 is 0 Å². The van der Waals surface area contributed by atoms with Crippen LogP contribution < -0.4 is 0 Å². The lowest BCUT2D eigenvalue weighted by Gasteiger charge is -2.29. The summed E-state index contributed by atoms with van der Waals surface area (Å²) >= 11 is 0. The zero-order valence-corrected chi connectivity index (χ0v) is 10.6. The summed E-state index contributed by atoms with van der Waals surface area (Å²) in [7, 11) is -3.61. The van der Waals surface area contributed by atoms with Crippen LogP contribution in [-0.2, 0) is 14.8 Å². The first-order valence-corrected chi connectivity index (χ1v) is 6.73. The van der Waals surface area contributed by atoms with Gasteiger partial charge in [0.1, 0.15) is 5.78 Å². The molecule has 0 aliphatic carbocycles. The van der Waals surface area contributed by atoms with Crippen LogP contribution in [0.15, 0.2) is 29.4 Å². The second kappa shape index (κ2) is 3.89. The Morgan fingerprint density at radius 1 is 1.29 bits per heavy atom. The van der Waals surface area contributed by atoms with Gasteiger partial charge in [-0.05, 0) is 26.0 Å². The third-order valence-corrected chi connectivity index (χ3v) is 4.93. The molecule has 0 N–H and O–H groups in total. The van der Waals surface area contributed by atoms with Crippen LogP contribution in [0.2, 0.25) is 0 Å². The van der Waals surface area contributed by atoms with E-state index in [1.54, 1.807) is 13.8 Å². The van der Waals surface area contributed by atoms with Crippen LogP contribution in [0.1, 0.15) is 20.3 Å². The van der Waals surface area contributed by atoms with Gasteiger partial charge in [0.05, 0.1) is 11.4 Å². The molecule has 1 fully saturated rings. The van der Waals surface area contributed by atoms with Gasteiger partial charge in [-0.15, -0.1) is 0 Å². The van der Waals surface area contributed by atoms with Crippen LogP contribution in [0.25, 0.3) is 0 Å². The number of ketones is 1. The van der Waals surface area contributed by atoms with Gasteiger partial charge in [-0.25, -0.2) is 8.42 Å². The molecule has 1 aliphatic heterocycles. The minimum atomic E-state index is -3.61. The Labute approximate surface area is 101 Å². The van der Waals surface area contributed by atoms with Crippen molar-refractivity contribution in [2.75, 3.05) is 6.54 Å². The number of Topliss-reactive ketones (excluding diaryl/α,β-unsaturated/α-hetero) is 1. The molecule has 1 aliphatic rings. The van der Waals surface area contributed by atoms with Crippen LogP contribution in [0.5, 0.6) is 0 Å². The Morgan fingerprint density at radius 3 is 2.35 bits per heavy atom. The van der Waals surface area contributed by atoms with Gasteiger partial charge in [0.15, 0.2) is 0 Å². The monoisotopic (exact) mass is 254 g/mol. The van der Waals surface area contributed by atoms with E-state index < -0.39 is 15.6 Å². The van der Waals surface area contributed by atoms with Gasteiger partial charge < -0.3 is 0 Å². The number of nitrogens with zero attached hydrogens (tertiary/aromatic N) is 2. The molecule has 1 aromatic heterocycles. The Hall–Kier alpha value is -1.27. The molecule has 0 atom stereocenters. The van der Waals surface area contributed by atoms with E-state index in [0.29, 0.717) is 0 Å². The van der Waals surface area contributed by atoms with E-state index in [2.05, 4.69) is 4.98 Å². The predicted molar refractivity (Wildman–Crippen MR) is 61.8 cm³/mol. The van der Waals surface area contributed by atoms with Crippen molar-refractivity contribution in [3.63, 3.8) is 0 Å². The topological polar surface area (TPSA) is 67.3 Å². The summed E-state index contributed by atoms with van der Waals surface area (Å²) in [6.45, 7) is 3.48. The molecule has 0 bridgehead atoms. The fourth-order valence-electron chi connectivity index (χ4n) is 2.05. The highest BCUT2D eigenvalue weighted by Crippen LogP contribution is 2.31. The van der Waals surface area contributed by atoms with E-state index in [-0.39, 0.29) is 23.6 Å². The zero-order chi connectivity index (χ0) is 12.7. The summed E-state index contributed by atoms with van der Waals surface area (Å²) in [6, 6.07) is 2.88. The highest BCUT2D eigenvalue weighted by molar-refractivity contribution is 7.89. The van der Waals surface area contributed by atoms with E-state index in [1.807, 2.05) is 0 Å². The van der Waals surface area contributed by atoms with Gasteiger partial charge in [-0.2, -0.15) is 4.31 Å². The second-order valence-corrected chi connectivity index (χ2v) is 6.58. The van der Waals surface area contributed by atoms with Gasteiger partial charge in [-0.1, -0.05) is 0 Å². The number of pyridine rings is 1. The highest BCUT2D eigenvalue weighted by Gasteiger charge is 2.44. The lowest BCUT2D eigenvalue weighted by Crippen LogP contribution is -2.42. The molecule has 0 saturated carbocycles. The third kappa shape index (κ3) is 2.10. The maximum Gasteiger partial charge on any atom is 0.244 e. The molecule has 1 saturated heterocycles. The quantitative estimate of drug-likeness (QED) is 0.783. The minimum absolute atomic E-state index is 0.0440. The summed E-state index contributed by atoms with van der Waals surface area (Å²) < 4.78 is 25.9. The number of sulfonamides is 1. The van der Waals surface area contributed by atoms with Crippen molar-refractivity contribution < 1.29 is 13.2 Å². The highest BCUT2D eigenvalue weighted by atomic mass is 32.2. The third-order valence-electron chi connectivity index (χ3n) is 2.86. The molecule has 2 heterocycles. The van der Waals surface area contributed by atoms with Gasteiger partial charge >= 0.3 is 0 Å². The Kier molecular flexibility index (Phi) is 2.79. The number of rotatable bonds is 2. The average molecular weight is 254 g/mol. The molecular formula is C11H14N2O3S. The largest absolute Gasteiger partial charge is 0.298 e. The van der Waals surface area contributed by atoms with Crippen molar-refractivity contribution in [2.45, 2.75) is 30.7 Å². The standard InChI is InChI=1S/C11H14N2O3S/c1-11(2)7-9(14)8-13(11)17(15,16)10-3-5-12-6-4-10/h3-6H,7-8H2,1-2H3. The van der Waals surface area contributed by atoms with E-state index >= 15 is 0 Å². The Bertz CT molecular complexity index is 537.